The minimum atomic E-state index is -0.263. The summed E-state index contributed by atoms with van der Waals surface area (Å²) < 4.78 is 24.2. The first-order valence-corrected chi connectivity index (χ1v) is 6.34. The van der Waals surface area contributed by atoms with E-state index in [0.717, 1.165) is 25.2 Å². The van der Waals surface area contributed by atoms with Crippen LogP contribution in [-0.2, 0) is 4.74 Å². The maximum Gasteiger partial charge on any atom is 0.126 e. The molecule has 1 heterocycles. The zero-order chi connectivity index (χ0) is 13.0. The highest BCUT2D eigenvalue weighted by Crippen LogP contribution is 2.21. The Bertz CT molecular complexity index is 391. The number of aryl methyl sites for hydroxylation is 1. The Morgan fingerprint density at radius 3 is 3.06 bits per heavy atom. The van der Waals surface area contributed by atoms with E-state index in [4.69, 9.17) is 9.47 Å². The molecule has 0 radical (unpaired) electrons. The summed E-state index contributed by atoms with van der Waals surface area (Å²) in [5.74, 6) is 0.832. The zero-order valence-electron chi connectivity index (χ0n) is 10.9. The van der Waals surface area contributed by atoms with Crippen molar-refractivity contribution in [1.29, 1.82) is 0 Å². The summed E-state index contributed by atoms with van der Waals surface area (Å²) in [5.41, 5.74) is 0.953. The van der Waals surface area contributed by atoms with Crippen molar-refractivity contribution in [2.24, 2.45) is 5.92 Å². The molecule has 2 rings (SSSR count). The van der Waals surface area contributed by atoms with Gasteiger partial charge in [-0.2, -0.15) is 0 Å². The molecule has 0 aromatic heterocycles. The third-order valence-corrected chi connectivity index (χ3v) is 3.47. The SMILES string of the molecule is CNC(COc1cc(F)ccc1C)C1CCOC1. The molecule has 1 fully saturated rings. The van der Waals surface area contributed by atoms with Crippen molar-refractivity contribution in [3.8, 4) is 5.75 Å². The fourth-order valence-corrected chi connectivity index (χ4v) is 2.23. The summed E-state index contributed by atoms with van der Waals surface area (Å²) in [6.45, 7) is 4.05. The molecule has 100 valence electrons. The topological polar surface area (TPSA) is 30.5 Å². The molecule has 1 aliphatic rings. The Morgan fingerprint density at radius 2 is 2.39 bits per heavy atom. The van der Waals surface area contributed by atoms with E-state index in [1.807, 2.05) is 14.0 Å². The monoisotopic (exact) mass is 253 g/mol. The van der Waals surface area contributed by atoms with Gasteiger partial charge in [-0.1, -0.05) is 6.07 Å². The molecule has 4 heteroatoms. The van der Waals surface area contributed by atoms with E-state index in [2.05, 4.69) is 5.32 Å². The van der Waals surface area contributed by atoms with Crippen LogP contribution in [0.3, 0.4) is 0 Å². The van der Waals surface area contributed by atoms with Crippen molar-refractivity contribution in [1.82, 2.24) is 5.32 Å². The number of halogens is 1. The third kappa shape index (κ3) is 3.21. The predicted molar refractivity (Wildman–Crippen MR) is 68.4 cm³/mol. The van der Waals surface area contributed by atoms with Gasteiger partial charge in [0.15, 0.2) is 0 Å². The average molecular weight is 253 g/mol. The first-order chi connectivity index (χ1) is 8.70. The van der Waals surface area contributed by atoms with Crippen molar-refractivity contribution in [2.75, 3.05) is 26.9 Å². The second kappa shape index (κ2) is 6.16. The molecule has 1 saturated heterocycles. The van der Waals surface area contributed by atoms with E-state index in [0.29, 0.717) is 18.3 Å². The molecule has 0 amide bonds. The highest BCUT2D eigenvalue weighted by Gasteiger charge is 2.25. The van der Waals surface area contributed by atoms with E-state index < -0.39 is 0 Å². The van der Waals surface area contributed by atoms with Gasteiger partial charge < -0.3 is 14.8 Å². The zero-order valence-corrected chi connectivity index (χ0v) is 10.9. The van der Waals surface area contributed by atoms with E-state index in [9.17, 15) is 4.39 Å². The first kappa shape index (κ1) is 13.3. The molecule has 0 spiro atoms. The Kier molecular flexibility index (Phi) is 4.55. The van der Waals surface area contributed by atoms with Crippen molar-refractivity contribution < 1.29 is 13.9 Å². The van der Waals surface area contributed by atoms with Gasteiger partial charge in [0.25, 0.3) is 0 Å². The lowest BCUT2D eigenvalue weighted by molar-refractivity contribution is 0.162. The van der Waals surface area contributed by atoms with Crippen LogP contribution in [0.5, 0.6) is 5.75 Å². The second-order valence-electron chi connectivity index (χ2n) is 4.74. The molecule has 1 N–H and O–H groups in total. The van der Waals surface area contributed by atoms with Gasteiger partial charge in [-0.25, -0.2) is 4.39 Å². The summed E-state index contributed by atoms with van der Waals surface area (Å²) in [6.07, 6.45) is 1.05. The quantitative estimate of drug-likeness (QED) is 0.872. The van der Waals surface area contributed by atoms with Crippen LogP contribution in [0.4, 0.5) is 4.39 Å². The number of likely N-dealkylation sites (N-methyl/N-ethyl adjacent to an activating group) is 1. The normalized spacial score (nSPS) is 20.9. The van der Waals surface area contributed by atoms with Gasteiger partial charge in [0.1, 0.15) is 18.2 Å². The van der Waals surface area contributed by atoms with Crippen LogP contribution in [0, 0.1) is 18.7 Å². The molecule has 3 nitrogen and oxygen atoms in total. The van der Waals surface area contributed by atoms with E-state index >= 15 is 0 Å². The van der Waals surface area contributed by atoms with Gasteiger partial charge in [0.05, 0.1) is 6.61 Å². The second-order valence-corrected chi connectivity index (χ2v) is 4.74. The van der Waals surface area contributed by atoms with Crippen LogP contribution >= 0.6 is 0 Å². The van der Waals surface area contributed by atoms with Crippen molar-refractivity contribution >= 4 is 0 Å². The lowest BCUT2D eigenvalue weighted by Crippen LogP contribution is -2.39. The summed E-state index contributed by atoms with van der Waals surface area (Å²) in [5, 5.41) is 3.25. The Morgan fingerprint density at radius 1 is 1.56 bits per heavy atom. The lowest BCUT2D eigenvalue weighted by atomic mass is 10.00. The smallest absolute Gasteiger partial charge is 0.126 e. The summed E-state index contributed by atoms with van der Waals surface area (Å²) in [6, 6.07) is 4.86. The first-order valence-electron chi connectivity index (χ1n) is 6.34. The molecule has 1 aromatic carbocycles. The molecular formula is C14H20FNO2. The van der Waals surface area contributed by atoms with Gasteiger partial charge >= 0.3 is 0 Å². The molecule has 0 bridgehead atoms. The van der Waals surface area contributed by atoms with Crippen LogP contribution in [0.25, 0.3) is 0 Å². The number of hydrogen-bond donors (Lipinski definition) is 1. The summed E-state index contributed by atoms with van der Waals surface area (Å²) in [4.78, 5) is 0. The molecular weight excluding hydrogens is 233 g/mol. The van der Waals surface area contributed by atoms with Gasteiger partial charge in [0.2, 0.25) is 0 Å². The molecule has 1 aliphatic heterocycles. The van der Waals surface area contributed by atoms with E-state index in [1.54, 1.807) is 6.07 Å². The van der Waals surface area contributed by atoms with Crippen molar-refractivity contribution in [3.05, 3.63) is 29.6 Å². The van der Waals surface area contributed by atoms with Crippen molar-refractivity contribution in [3.63, 3.8) is 0 Å². The standard InChI is InChI=1S/C14H20FNO2/c1-10-3-4-12(15)7-14(10)18-9-13(16-2)11-5-6-17-8-11/h3-4,7,11,13,16H,5-6,8-9H2,1-2H3. The maximum atomic E-state index is 13.1. The molecule has 2 atom stereocenters. The number of ether oxygens (including phenoxy) is 2. The fourth-order valence-electron chi connectivity index (χ4n) is 2.23. The highest BCUT2D eigenvalue weighted by atomic mass is 19.1. The fraction of sp³-hybridized carbons (Fsp3) is 0.571. The summed E-state index contributed by atoms with van der Waals surface area (Å²) in [7, 11) is 1.92. The number of hydrogen-bond acceptors (Lipinski definition) is 3. The van der Waals surface area contributed by atoms with Crippen LogP contribution in [0.1, 0.15) is 12.0 Å². The number of nitrogens with one attached hydrogen (secondary N) is 1. The largest absolute Gasteiger partial charge is 0.492 e. The Labute approximate surface area is 107 Å². The van der Waals surface area contributed by atoms with Crippen LogP contribution in [-0.4, -0.2) is 32.9 Å². The molecule has 18 heavy (non-hydrogen) atoms. The van der Waals surface area contributed by atoms with Gasteiger partial charge in [-0.05, 0) is 32.0 Å². The predicted octanol–water partition coefficient (Wildman–Crippen LogP) is 2.14. The van der Waals surface area contributed by atoms with Crippen molar-refractivity contribution in [2.45, 2.75) is 19.4 Å². The van der Waals surface area contributed by atoms with Gasteiger partial charge in [0, 0.05) is 24.6 Å². The summed E-state index contributed by atoms with van der Waals surface area (Å²) >= 11 is 0. The average Bonchev–Trinajstić information content (AvgIpc) is 2.88. The Balaban J connectivity index is 1.94. The van der Waals surface area contributed by atoms with Gasteiger partial charge in [-0.3, -0.25) is 0 Å². The van der Waals surface area contributed by atoms with E-state index in [1.165, 1.54) is 12.1 Å². The number of benzene rings is 1. The van der Waals surface area contributed by atoms with E-state index in [-0.39, 0.29) is 11.9 Å². The van der Waals surface area contributed by atoms with Crippen LogP contribution in [0.2, 0.25) is 0 Å². The third-order valence-electron chi connectivity index (χ3n) is 3.47. The van der Waals surface area contributed by atoms with Gasteiger partial charge in [-0.15, -0.1) is 0 Å². The minimum Gasteiger partial charge on any atom is -0.492 e. The molecule has 0 aliphatic carbocycles. The molecule has 1 aromatic rings. The highest BCUT2D eigenvalue weighted by molar-refractivity contribution is 5.32. The maximum absolute atomic E-state index is 13.1. The lowest BCUT2D eigenvalue weighted by Gasteiger charge is -2.22. The van der Waals surface area contributed by atoms with Crippen LogP contribution in [0.15, 0.2) is 18.2 Å². The van der Waals surface area contributed by atoms with Crippen LogP contribution < -0.4 is 10.1 Å². The Hall–Kier alpha value is -1.13. The molecule has 2 unspecified atom stereocenters. The number of rotatable bonds is 5. The molecule has 0 saturated carbocycles. The minimum absolute atomic E-state index is 0.246.